The summed E-state index contributed by atoms with van der Waals surface area (Å²) in [6.45, 7) is 2.07. The molecule has 0 aromatic carbocycles. The molecule has 0 radical (unpaired) electrons. The molecule has 2 nitrogen and oxygen atoms in total. The zero-order chi connectivity index (χ0) is 9.26. The fourth-order valence-corrected chi connectivity index (χ4v) is 2.76. The minimum absolute atomic E-state index is 0.403. The molecule has 2 rings (SSSR count). The van der Waals surface area contributed by atoms with E-state index in [1.807, 2.05) is 0 Å². The van der Waals surface area contributed by atoms with Crippen LogP contribution in [0.4, 0.5) is 0 Å². The molecule has 0 bridgehead atoms. The molecule has 1 heterocycles. The Morgan fingerprint density at radius 2 is 2.38 bits per heavy atom. The lowest BCUT2D eigenvalue weighted by Gasteiger charge is -2.25. The molecule has 1 aromatic rings. The number of thiazole rings is 1. The lowest BCUT2D eigenvalue weighted by molar-refractivity contribution is 0.389. The van der Waals surface area contributed by atoms with Crippen molar-refractivity contribution in [2.45, 2.75) is 44.6 Å². The monoisotopic (exact) mass is 196 g/mol. The molecule has 0 spiro atoms. The van der Waals surface area contributed by atoms with Gasteiger partial charge in [0.25, 0.3) is 0 Å². The predicted molar refractivity (Wildman–Crippen MR) is 56.0 cm³/mol. The molecule has 2 N–H and O–H groups in total. The highest BCUT2D eigenvalue weighted by atomic mass is 32.1. The molecule has 13 heavy (non-hydrogen) atoms. The van der Waals surface area contributed by atoms with Crippen molar-refractivity contribution in [3.8, 4) is 0 Å². The first-order valence-electron chi connectivity index (χ1n) is 4.93. The van der Waals surface area contributed by atoms with Crippen molar-refractivity contribution in [3.63, 3.8) is 0 Å². The number of hydrogen-bond acceptors (Lipinski definition) is 3. The highest BCUT2D eigenvalue weighted by molar-refractivity contribution is 7.09. The van der Waals surface area contributed by atoms with Gasteiger partial charge < -0.3 is 5.73 Å². The molecule has 1 fully saturated rings. The number of rotatable bonds is 1. The van der Waals surface area contributed by atoms with E-state index in [1.54, 1.807) is 11.3 Å². The Balaban J connectivity index is 2.08. The molecule has 2 unspecified atom stereocenters. The summed E-state index contributed by atoms with van der Waals surface area (Å²) in [6, 6.07) is 0.403. The highest BCUT2D eigenvalue weighted by Crippen LogP contribution is 2.32. The van der Waals surface area contributed by atoms with E-state index < -0.39 is 0 Å². The zero-order valence-electron chi connectivity index (χ0n) is 7.99. The van der Waals surface area contributed by atoms with Crippen LogP contribution >= 0.6 is 11.3 Å². The van der Waals surface area contributed by atoms with Crippen LogP contribution in [0, 0.1) is 6.92 Å². The molecule has 1 aliphatic carbocycles. The first kappa shape index (κ1) is 9.16. The van der Waals surface area contributed by atoms with Crippen molar-refractivity contribution < 1.29 is 0 Å². The quantitative estimate of drug-likeness (QED) is 0.749. The van der Waals surface area contributed by atoms with Crippen molar-refractivity contribution >= 4 is 11.3 Å². The summed E-state index contributed by atoms with van der Waals surface area (Å²) >= 11 is 1.75. The molecule has 2 atom stereocenters. The third-order valence-corrected chi connectivity index (χ3v) is 3.56. The van der Waals surface area contributed by atoms with E-state index >= 15 is 0 Å². The van der Waals surface area contributed by atoms with Crippen molar-refractivity contribution in [1.29, 1.82) is 0 Å². The van der Waals surface area contributed by atoms with Gasteiger partial charge in [0.15, 0.2) is 0 Å². The Kier molecular flexibility index (Phi) is 2.65. The maximum atomic E-state index is 5.94. The SMILES string of the molecule is Cc1nc(C2CCCC(N)C2)cs1. The van der Waals surface area contributed by atoms with Crippen molar-refractivity contribution in [1.82, 2.24) is 4.98 Å². The summed E-state index contributed by atoms with van der Waals surface area (Å²) in [5.41, 5.74) is 7.22. The van der Waals surface area contributed by atoms with Gasteiger partial charge in [-0.15, -0.1) is 11.3 Å². The first-order valence-corrected chi connectivity index (χ1v) is 5.81. The molecule has 0 aliphatic heterocycles. The topological polar surface area (TPSA) is 38.9 Å². The van der Waals surface area contributed by atoms with Crippen LogP contribution in [0.15, 0.2) is 5.38 Å². The van der Waals surface area contributed by atoms with E-state index in [0.29, 0.717) is 12.0 Å². The van der Waals surface area contributed by atoms with Gasteiger partial charge in [0.2, 0.25) is 0 Å². The summed E-state index contributed by atoms with van der Waals surface area (Å²) in [4.78, 5) is 4.53. The smallest absolute Gasteiger partial charge is 0.0897 e. The van der Waals surface area contributed by atoms with Crippen molar-refractivity contribution in [2.75, 3.05) is 0 Å². The fourth-order valence-electron chi connectivity index (χ4n) is 2.06. The lowest BCUT2D eigenvalue weighted by Crippen LogP contribution is -2.26. The Hall–Kier alpha value is -0.410. The maximum absolute atomic E-state index is 5.94. The van der Waals surface area contributed by atoms with Gasteiger partial charge in [-0.3, -0.25) is 0 Å². The zero-order valence-corrected chi connectivity index (χ0v) is 8.81. The second-order valence-corrected chi connectivity index (χ2v) is 4.98. The van der Waals surface area contributed by atoms with Crippen LogP contribution in [0.25, 0.3) is 0 Å². The molecule has 1 aliphatic rings. The largest absolute Gasteiger partial charge is 0.328 e. The Morgan fingerprint density at radius 1 is 1.54 bits per heavy atom. The normalized spacial score (nSPS) is 29.1. The summed E-state index contributed by atoms with van der Waals surface area (Å²) in [6.07, 6.45) is 4.86. The van der Waals surface area contributed by atoms with Gasteiger partial charge in [0.05, 0.1) is 10.7 Å². The van der Waals surface area contributed by atoms with Gasteiger partial charge >= 0.3 is 0 Å². The Bertz CT molecular complexity index is 282. The third kappa shape index (κ3) is 2.09. The average Bonchev–Trinajstić information content (AvgIpc) is 2.52. The molecule has 1 aromatic heterocycles. The van der Waals surface area contributed by atoms with E-state index in [4.69, 9.17) is 5.73 Å². The Labute approximate surface area is 83.2 Å². The van der Waals surface area contributed by atoms with Crippen molar-refractivity contribution in [2.24, 2.45) is 5.73 Å². The van der Waals surface area contributed by atoms with Gasteiger partial charge in [0, 0.05) is 17.3 Å². The van der Waals surface area contributed by atoms with Crippen LogP contribution < -0.4 is 5.73 Å². The predicted octanol–water partition coefficient (Wildman–Crippen LogP) is 2.44. The van der Waals surface area contributed by atoms with Gasteiger partial charge in [-0.05, 0) is 26.2 Å². The summed E-state index contributed by atoms with van der Waals surface area (Å²) < 4.78 is 0. The molecular formula is C10H16N2S. The maximum Gasteiger partial charge on any atom is 0.0897 e. The molecular weight excluding hydrogens is 180 g/mol. The van der Waals surface area contributed by atoms with Crippen LogP contribution in [0.3, 0.4) is 0 Å². The van der Waals surface area contributed by atoms with E-state index in [1.165, 1.54) is 30.0 Å². The van der Waals surface area contributed by atoms with E-state index in [0.717, 1.165) is 6.42 Å². The standard InChI is InChI=1S/C10H16N2S/c1-7-12-10(6-13-7)8-3-2-4-9(11)5-8/h6,8-9H,2-5,11H2,1H3. The van der Waals surface area contributed by atoms with Gasteiger partial charge in [-0.1, -0.05) is 6.42 Å². The molecule has 3 heteroatoms. The summed E-state index contributed by atoms with van der Waals surface area (Å²) in [5, 5.41) is 3.37. The van der Waals surface area contributed by atoms with Gasteiger partial charge in [-0.2, -0.15) is 0 Å². The second-order valence-electron chi connectivity index (χ2n) is 3.91. The van der Waals surface area contributed by atoms with Crippen LogP contribution in [-0.4, -0.2) is 11.0 Å². The van der Waals surface area contributed by atoms with Crippen LogP contribution in [0.5, 0.6) is 0 Å². The average molecular weight is 196 g/mol. The van der Waals surface area contributed by atoms with E-state index in [-0.39, 0.29) is 0 Å². The fraction of sp³-hybridized carbons (Fsp3) is 0.700. The van der Waals surface area contributed by atoms with Crippen LogP contribution in [0.2, 0.25) is 0 Å². The molecule has 72 valence electrons. The van der Waals surface area contributed by atoms with Gasteiger partial charge in [0.1, 0.15) is 0 Å². The van der Waals surface area contributed by atoms with Crippen LogP contribution in [0.1, 0.15) is 42.3 Å². The second kappa shape index (κ2) is 3.76. The molecule has 0 saturated heterocycles. The minimum atomic E-state index is 0.403. The highest BCUT2D eigenvalue weighted by Gasteiger charge is 2.22. The lowest BCUT2D eigenvalue weighted by atomic mass is 9.84. The summed E-state index contributed by atoms with van der Waals surface area (Å²) in [7, 11) is 0. The molecule has 1 saturated carbocycles. The number of aryl methyl sites for hydroxylation is 1. The number of nitrogens with zero attached hydrogens (tertiary/aromatic N) is 1. The van der Waals surface area contributed by atoms with Crippen LogP contribution in [-0.2, 0) is 0 Å². The van der Waals surface area contributed by atoms with Crippen molar-refractivity contribution in [3.05, 3.63) is 16.1 Å². The third-order valence-electron chi connectivity index (χ3n) is 2.77. The number of aromatic nitrogens is 1. The van der Waals surface area contributed by atoms with E-state index in [9.17, 15) is 0 Å². The van der Waals surface area contributed by atoms with E-state index in [2.05, 4.69) is 17.3 Å². The number of nitrogens with two attached hydrogens (primary N) is 1. The number of hydrogen-bond donors (Lipinski definition) is 1. The minimum Gasteiger partial charge on any atom is -0.328 e. The summed E-state index contributed by atoms with van der Waals surface area (Å²) in [5.74, 6) is 0.633. The van der Waals surface area contributed by atoms with Gasteiger partial charge in [-0.25, -0.2) is 4.98 Å². The first-order chi connectivity index (χ1) is 6.25. The molecule has 0 amide bonds. The Morgan fingerprint density at radius 3 is 3.00 bits per heavy atom.